The number of hydrogen-bond acceptors (Lipinski definition) is 7. The molecule has 0 aliphatic heterocycles. The number of benzene rings is 1. The lowest BCUT2D eigenvalue weighted by atomic mass is 9.73. The lowest BCUT2D eigenvalue weighted by Gasteiger charge is -2.34. The largest absolute Gasteiger partial charge is 0.466 e. The summed E-state index contributed by atoms with van der Waals surface area (Å²) in [5, 5.41) is 5.67. The number of aryl methyl sites for hydroxylation is 1. The average Bonchev–Trinajstić information content (AvgIpc) is 2.95. The molecule has 0 radical (unpaired) electrons. The van der Waals surface area contributed by atoms with Crippen LogP contribution in [0.25, 0.3) is 0 Å². The van der Waals surface area contributed by atoms with Gasteiger partial charge in [0.15, 0.2) is 0 Å². The van der Waals surface area contributed by atoms with Gasteiger partial charge in [-0.1, -0.05) is 43.6 Å². The fourth-order valence-electron chi connectivity index (χ4n) is 5.26. The molecule has 0 saturated heterocycles. The Bertz CT molecular complexity index is 1260. The molecule has 0 saturated carbocycles. The van der Waals surface area contributed by atoms with Crippen molar-refractivity contribution >= 4 is 26.8 Å². The minimum Gasteiger partial charge on any atom is -0.466 e. The molecule has 0 bridgehead atoms. The van der Waals surface area contributed by atoms with Gasteiger partial charge in [0, 0.05) is 17.9 Å². The third-order valence-corrected chi connectivity index (χ3v) is 11.8. The maximum absolute atomic E-state index is 14.1. The number of hydrogen-bond donors (Lipinski definition) is 2. The number of carbonyl (C=O) groups excluding carboxylic acids is 2. The second-order valence-electron chi connectivity index (χ2n) is 11.4. The standard InChI is InChI=1S/C32H52N2O7P2/c1-9-11-12-13-26-21-29(40-42(37,33-7)18-16-25(6)35)32(28-20-24(5)14-15-27(28)23(3)4)30(22-26)41-43(38,34-8)19-17-31(36)39-10-2/h20-22,27-28H,3,9-19H2,1-2,4-8H3,(H,33,37)(H,34,38). The van der Waals surface area contributed by atoms with Crippen LogP contribution in [0.1, 0.15) is 96.6 Å². The van der Waals surface area contributed by atoms with Crippen LogP contribution in [-0.4, -0.2) is 44.8 Å². The molecule has 1 aliphatic carbocycles. The molecule has 11 heteroatoms. The molecule has 4 unspecified atom stereocenters. The quantitative estimate of drug-likeness (QED) is 0.0673. The number of Topliss-reactive ketones (excluding diaryl/α,β-unsaturated/α-hetero) is 1. The average molecular weight is 639 g/mol. The first-order valence-electron chi connectivity index (χ1n) is 15.4. The molecule has 9 nitrogen and oxygen atoms in total. The van der Waals surface area contributed by atoms with Gasteiger partial charge in [0.25, 0.3) is 0 Å². The fourth-order valence-corrected chi connectivity index (χ4v) is 8.10. The van der Waals surface area contributed by atoms with Crippen molar-refractivity contribution in [3.8, 4) is 11.5 Å². The van der Waals surface area contributed by atoms with Gasteiger partial charge in [-0.15, -0.1) is 0 Å². The summed E-state index contributed by atoms with van der Waals surface area (Å²) in [5.41, 5.74) is 3.72. The molecule has 0 amide bonds. The summed E-state index contributed by atoms with van der Waals surface area (Å²) >= 11 is 0. The molecule has 0 heterocycles. The summed E-state index contributed by atoms with van der Waals surface area (Å²) in [6, 6.07) is 3.81. The van der Waals surface area contributed by atoms with Crippen LogP contribution in [0.4, 0.5) is 0 Å². The van der Waals surface area contributed by atoms with E-state index in [1.807, 2.05) is 19.1 Å². The Morgan fingerprint density at radius 3 is 2.05 bits per heavy atom. The van der Waals surface area contributed by atoms with Crippen molar-refractivity contribution < 1.29 is 32.5 Å². The molecule has 0 aromatic heterocycles. The van der Waals surface area contributed by atoms with Crippen LogP contribution in [-0.2, 0) is 29.9 Å². The number of allylic oxidation sites excluding steroid dienone is 3. The molecule has 2 N–H and O–H groups in total. The van der Waals surface area contributed by atoms with E-state index in [1.54, 1.807) is 21.0 Å². The van der Waals surface area contributed by atoms with Crippen LogP contribution in [0, 0.1) is 5.92 Å². The van der Waals surface area contributed by atoms with E-state index in [4.69, 9.17) is 13.8 Å². The molecule has 1 aromatic rings. The van der Waals surface area contributed by atoms with Gasteiger partial charge in [-0.3, -0.25) is 13.9 Å². The van der Waals surface area contributed by atoms with Gasteiger partial charge in [-0.2, -0.15) is 0 Å². The fraction of sp³-hybridized carbons (Fsp3) is 0.625. The van der Waals surface area contributed by atoms with Crippen LogP contribution in [0.2, 0.25) is 0 Å². The molecule has 0 fully saturated rings. The van der Waals surface area contributed by atoms with Crippen LogP contribution < -0.4 is 19.2 Å². The maximum atomic E-state index is 14.1. The Morgan fingerprint density at radius 2 is 1.56 bits per heavy atom. The molecular weight excluding hydrogens is 586 g/mol. The zero-order valence-corrected chi connectivity index (χ0v) is 28.9. The topological polar surface area (TPSA) is 120 Å². The zero-order valence-electron chi connectivity index (χ0n) is 27.1. The highest BCUT2D eigenvalue weighted by Gasteiger charge is 2.36. The summed E-state index contributed by atoms with van der Waals surface area (Å²) in [5.74, 6) is 0.00465. The van der Waals surface area contributed by atoms with E-state index in [-0.39, 0.29) is 49.4 Å². The van der Waals surface area contributed by atoms with Crippen LogP contribution in [0.3, 0.4) is 0 Å². The van der Waals surface area contributed by atoms with Crippen LogP contribution in [0.5, 0.6) is 11.5 Å². The summed E-state index contributed by atoms with van der Waals surface area (Å²) in [7, 11) is -3.95. The van der Waals surface area contributed by atoms with Gasteiger partial charge in [-0.05, 0) is 91.1 Å². The second-order valence-corrected chi connectivity index (χ2v) is 16.3. The Labute approximate surface area is 258 Å². The molecule has 1 aliphatic rings. The summed E-state index contributed by atoms with van der Waals surface area (Å²) < 4.78 is 45.9. The van der Waals surface area contributed by atoms with E-state index in [0.717, 1.165) is 43.2 Å². The Morgan fingerprint density at radius 1 is 0.977 bits per heavy atom. The van der Waals surface area contributed by atoms with E-state index < -0.39 is 21.0 Å². The molecule has 2 rings (SSSR count). The molecule has 242 valence electrons. The normalized spacial score (nSPS) is 19.5. The monoisotopic (exact) mass is 638 g/mol. The van der Waals surface area contributed by atoms with Gasteiger partial charge in [0.2, 0.25) is 0 Å². The number of unbranched alkanes of at least 4 members (excludes halogenated alkanes) is 2. The molecule has 4 atom stereocenters. The zero-order chi connectivity index (χ0) is 32.2. The van der Waals surface area contributed by atoms with Crippen molar-refractivity contribution in [2.24, 2.45) is 5.92 Å². The highest BCUT2D eigenvalue weighted by molar-refractivity contribution is 7.57. The minimum absolute atomic E-state index is 0.0342. The number of carbonyl (C=O) groups is 2. The molecule has 0 spiro atoms. The summed E-state index contributed by atoms with van der Waals surface area (Å²) in [6.07, 6.45) is 7.65. The first-order valence-corrected chi connectivity index (χ1v) is 19.0. The Balaban J connectivity index is 2.80. The third kappa shape index (κ3) is 11.4. The van der Waals surface area contributed by atoms with Gasteiger partial charge in [0.1, 0.15) is 17.3 Å². The maximum Gasteiger partial charge on any atom is 0.316 e. The number of ketones is 1. The number of ether oxygens (including phenoxy) is 1. The summed E-state index contributed by atoms with van der Waals surface area (Å²) in [4.78, 5) is 24.0. The predicted molar refractivity (Wildman–Crippen MR) is 175 cm³/mol. The third-order valence-electron chi connectivity index (χ3n) is 7.79. The van der Waals surface area contributed by atoms with Gasteiger partial charge >= 0.3 is 21.0 Å². The minimum atomic E-state index is -3.57. The Kier molecular flexibility index (Phi) is 14.9. The number of nitrogens with one attached hydrogen (secondary N) is 2. The first kappa shape index (κ1) is 37.0. The SMILES string of the molecule is C=C(C)C1CCC(C)=CC1c1c(OP(=O)(CCC(C)=O)NC)cc(CCCCC)cc1OP(=O)(CCC(=O)OCC)NC. The van der Waals surface area contributed by atoms with E-state index in [9.17, 15) is 18.7 Å². The number of rotatable bonds is 19. The van der Waals surface area contributed by atoms with Gasteiger partial charge in [-0.25, -0.2) is 10.2 Å². The van der Waals surface area contributed by atoms with E-state index >= 15 is 0 Å². The van der Waals surface area contributed by atoms with Crippen molar-refractivity contribution in [1.82, 2.24) is 10.2 Å². The highest BCUT2D eigenvalue weighted by atomic mass is 31.2. The molecular formula is C32H52N2O7P2. The Hall–Kier alpha value is -2.18. The van der Waals surface area contributed by atoms with Crippen molar-refractivity contribution in [2.45, 2.75) is 91.9 Å². The molecule has 1 aromatic carbocycles. The summed E-state index contributed by atoms with van der Waals surface area (Å²) in [6.45, 7) is 13.9. The van der Waals surface area contributed by atoms with E-state index in [1.165, 1.54) is 12.5 Å². The van der Waals surface area contributed by atoms with Crippen molar-refractivity contribution in [3.63, 3.8) is 0 Å². The molecule has 43 heavy (non-hydrogen) atoms. The van der Waals surface area contributed by atoms with Crippen molar-refractivity contribution in [2.75, 3.05) is 33.0 Å². The lowest BCUT2D eigenvalue weighted by Crippen LogP contribution is -2.21. The van der Waals surface area contributed by atoms with Crippen molar-refractivity contribution in [3.05, 3.63) is 47.1 Å². The smallest absolute Gasteiger partial charge is 0.316 e. The van der Waals surface area contributed by atoms with Crippen LogP contribution in [0.15, 0.2) is 35.9 Å². The van der Waals surface area contributed by atoms with Crippen molar-refractivity contribution in [1.29, 1.82) is 0 Å². The van der Waals surface area contributed by atoms with Crippen LogP contribution >= 0.6 is 15.0 Å². The first-order chi connectivity index (χ1) is 20.3. The predicted octanol–water partition coefficient (Wildman–Crippen LogP) is 7.95. The second kappa shape index (κ2) is 17.3. The lowest BCUT2D eigenvalue weighted by molar-refractivity contribution is -0.142. The van der Waals surface area contributed by atoms with Gasteiger partial charge < -0.3 is 18.6 Å². The van der Waals surface area contributed by atoms with E-state index in [0.29, 0.717) is 23.5 Å². The number of esters is 1. The van der Waals surface area contributed by atoms with Gasteiger partial charge in [0.05, 0.1) is 25.4 Å². The van der Waals surface area contributed by atoms with E-state index in [2.05, 4.69) is 36.7 Å². The highest BCUT2D eigenvalue weighted by Crippen LogP contribution is 2.55.